The first-order valence-corrected chi connectivity index (χ1v) is 6.05. The largest absolute Gasteiger partial charge is 0.355 e. The second-order valence-corrected chi connectivity index (χ2v) is 4.45. The molecule has 0 bridgehead atoms. The van der Waals surface area contributed by atoms with Crippen molar-refractivity contribution < 1.29 is 0 Å². The summed E-state index contributed by atoms with van der Waals surface area (Å²) in [6.45, 7) is 6.70. The summed E-state index contributed by atoms with van der Waals surface area (Å²) in [5, 5.41) is 0. The van der Waals surface area contributed by atoms with E-state index in [1.54, 1.807) is 0 Å². The van der Waals surface area contributed by atoms with Crippen LogP contribution in [0.4, 0.5) is 5.82 Å². The van der Waals surface area contributed by atoms with Crippen LogP contribution in [0, 0.1) is 6.92 Å². The first kappa shape index (κ1) is 12.4. The Labute approximate surface area is 109 Å². The van der Waals surface area contributed by atoms with Crippen LogP contribution >= 0.6 is 0 Å². The van der Waals surface area contributed by atoms with E-state index >= 15 is 0 Å². The predicted octanol–water partition coefficient (Wildman–Crippen LogP) is 3.67. The number of benzene rings is 1. The van der Waals surface area contributed by atoms with E-state index in [4.69, 9.17) is 0 Å². The SMILES string of the molecule is C=Cc1cnc(N(C)Cc2ccccc2)c(C)c1. The van der Waals surface area contributed by atoms with Crippen LogP contribution in [0.5, 0.6) is 0 Å². The molecule has 1 aromatic carbocycles. The third-order valence-electron chi connectivity index (χ3n) is 2.93. The molecular formula is C16H18N2. The standard InChI is InChI=1S/C16H18N2/c1-4-14-10-13(2)16(17-11-14)18(3)12-15-8-6-5-7-9-15/h4-11H,1,12H2,2-3H3. The van der Waals surface area contributed by atoms with Gasteiger partial charge in [-0.25, -0.2) is 4.98 Å². The molecule has 0 aliphatic carbocycles. The lowest BCUT2D eigenvalue weighted by atomic mass is 10.1. The Balaban J connectivity index is 2.19. The van der Waals surface area contributed by atoms with E-state index in [1.807, 2.05) is 18.3 Å². The third-order valence-corrected chi connectivity index (χ3v) is 2.93. The number of aromatic nitrogens is 1. The predicted molar refractivity (Wildman–Crippen MR) is 77.6 cm³/mol. The molecule has 0 radical (unpaired) electrons. The summed E-state index contributed by atoms with van der Waals surface area (Å²) in [7, 11) is 2.07. The number of hydrogen-bond donors (Lipinski definition) is 0. The minimum absolute atomic E-state index is 0.863. The molecule has 2 aromatic rings. The number of rotatable bonds is 4. The van der Waals surface area contributed by atoms with Crippen molar-refractivity contribution in [2.75, 3.05) is 11.9 Å². The van der Waals surface area contributed by atoms with Gasteiger partial charge in [-0.1, -0.05) is 43.0 Å². The molecule has 2 heteroatoms. The smallest absolute Gasteiger partial charge is 0.131 e. The fourth-order valence-electron chi connectivity index (χ4n) is 2.03. The molecule has 2 nitrogen and oxygen atoms in total. The molecule has 0 spiro atoms. The van der Waals surface area contributed by atoms with Crippen molar-refractivity contribution in [3.8, 4) is 0 Å². The Kier molecular flexibility index (Phi) is 3.78. The summed E-state index contributed by atoms with van der Waals surface area (Å²) in [6.07, 6.45) is 3.68. The fourth-order valence-corrected chi connectivity index (χ4v) is 2.03. The van der Waals surface area contributed by atoms with Gasteiger partial charge < -0.3 is 4.90 Å². The molecule has 0 fully saturated rings. The van der Waals surface area contributed by atoms with Crippen LogP contribution in [0.1, 0.15) is 16.7 Å². The molecular weight excluding hydrogens is 220 g/mol. The Hall–Kier alpha value is -2.09. The molecule has 0 amide bonds. The lowest BCUT2D eigenvalue weighted by Gasteiger charge is -2.20. The normalized spacial score (nSPS) is 10.1. The van der Waals surface area contributed by atoms with Crippen LogP contribution in [-0.2, 0) is 6.54 Å². The van der Waals surface area contributed by atoms with Crippen molar-refractivity contribution in [2.45, 2.75) is 13.5 Å². The van der Waals surface area contributed by atoms with E-state index < -0.39 is 0 Å². The van der Waals surface area contributed by atoms with Crippen LogP contribution in [0.3, 0.4) is 0 Å². The average molecular weight is 238 g/mol. The number of aryl methyl sites for hydroxylation is 1. The Morgan fingerprint density at radius 1 is 1.28 bits per heavy atom. The lowest BCUT2D eigenvalue weighted by molar-refractivity contribution is 0.890. The van der Waals surface area contributed by atoms with E-state index in [0.717, 1.165) is 17.9 Å². The zero-order chi connectivity index (χ0) is 13.0. The molecule has 0 aliphatic rings. The second-order valence-electron chi connectivity index (χ2n) is 4.45. The number of nitrogens with zero attached hydrogens (tertiary/aromatic N) is 2. The van der Waals surface area contributed by atoms with Crippen LogP contribution < -0.4 is 4.90 Å². The maximum Gasteiger partial charge on any atom is 0.131 e. The van der Waals surface area contributed by atoms with Crippen molar-refractivity contribution in [2.24, 2.45) is 0 Å². The number of hydrogen-bond acceptors (Lipinski definition) is 2. The highest BCUT2D eigenvalue weighted by Crippen LogP contribution is 2.19. The molecule has 0 unspecified atom stereocenters. The molecule has 92 valence electrons. The van der Waals surface area contributed by atoms with Gasteiger partial charge in [0.2, 0.25) is 0 Å². The van der Waals surface area contributed by atoms with Crippen LogP contribution in [0.15, 0.2) is 49.2 Å². The Bertz CT molecular complexity index is 532. The van der Waals surface area contributed by atoms with Gasteiger partial charge in [0.25, 0.3) is 0 Å². The van der Waals surface area contributed by atoms with Gasteiger partial charge in [0.15, 0.2) is 0 Å². The first-order chi connectivity index (χ1) is 8.70. The van der Waals surface area contributed by atoms with Crippen molar-refractivity contribution in [1.29, 1.82) is 0 Å². The monoisotopic (exact) mass is 238 g/mol. The van der Waals surface area contributed by atoms with Gasteiger partial charge >= 0.3 is 0 Å². The zero-order valence-electron chi connectivity index (χ0n) is 10.9. The van der Waals surface area contributed by atoms with E-state index in [0.29, 0.717) is 0 Å². The summed E-state index contributed by atoms with van der Waals surface area (Å²) in [5.41, 5.74) is 3.52. The molecule has 0 saturated heterocycles. The summed E-state index contributed by atoms with van der Waals surface area (Å²) < 4.78 is 0. The lowest BCUT2D eigenvalue weighted by Crippen LogP contribution is -2.18. The highest BCUT2D eigenvalue weighted by atomic mass is 15.2. The van der Waals surface area contributed by atoms with Crippen LogP contribution in [0.2, 0.25) is 0 Å². The average Bonchev–Trinajstić information content (AvgIpc) is 2.39. The van der Waals surface area contributed by atoms with Crippen molar-refractivity contribution >= 4 is 11.9 Å². The minimum Gasteiger partial charge on any atom is -0.355 e. The minimum atomic E-state index is 0.863. The first-order valence-electron chi connectivity index (χ1n) is 6.05. The second kappa shape index (κ2) is 5.50. The molecule has 0 N–H and O–H groups in total. The van der Waals surface area contributed by atoms with Crippen LogP contribution in [-0.4, -0.2) is 12.0 Å². The Morgan fingerprint density at radius 3 is 2.61 bits per heavy atom. The zero-order valence-corrected chi connectivity index (χ0v) is 10.9. The third kappa shape index (κ3) is 2.77. The molecule has 0 saturated carbocycles. The summed E-state index contributed by atoms with van der Waals surface area (Å²) >= 11 is 0. The maximum atomic E-state index is 4.50. The molecule has 1 aromatic heterocycles. The van der Waals surface area contributed by atoms with E-state index in [2.05, 4.69) is 60.8 Å². The van der Waals surface area contributed by atoms with E-state index in [1.165, 1.54) is 11.1 Å². The quantitative estimate of drug-likeness (QED) is 0.808. The summed E-state index contributed by atoms with van der Waals surface area (Å²) in [4.78, 5) is 6.66. The van der Waals surface area contributed by atoms with Gasteiger partial charge in [-0.2, -0.15) is 0 Å². The van der Waals surface area contributed by atoms with Gasteiger partial charge in [-0.05, 0) is 29.7 Å². The molecule has 0 aliphatic heterocycles. The Morgan fingerprint density at radius 2 is 2.00 bits per heavy atom. The van der Waals surface area contributed by atoms with Crippen LogP contribution in [0.25, 0.3) is 6.08 Å². The van der Waals surface area contributed by atoms with Gasteiger partial charge in [0, 0.05) is 19.8 Å². The van der Waals surface area contributed by atoms with Crippen molar-refractivity contribution in [1.82, 2.24) is 4.98 Å². The van der Waals surface area contributed by atoms with Gasteiger partial charge in [0.05, 0.1) is 0 Å². The maximum absolute atomic E-state index is 4.50. The highest BCUT2D eigenvalue weighted by molar-refractivity contribution is 5.54. The van der Waals surface area contributed by atoms with Gasteiger partial charge in [0.1, 0.15) is 5.82 Å². The van der Waals surface area contributed by atoms with E-state index in [9.17, 15) is 0 Å². The molecule has 2 rings (SSSR count). The van der Waals surface area contributed by atoms with Crippen molar-refractivity contribution in [3.63, 3.8) is 0 Å². The summed E-state index contributed by atoms with van der Waals surface area (Å²) in [6, 6.07) is 12.5. The number of pyridine rings is 1. The topological polar surface area (TPSA) is 16.1 Å². The highest BCUT2D eigenvalue weighted by Gasteiger charge is 2.06. The number of anilines is 1. The fraction of sp³-hybridized carbons (Fsp3) is 0.188. The van der Waals surface area contributed by atoms with Gasteiger partial charge in [-0.15, -0.1) is 0 Å². The molecule has 1 heterocycles. The molecule has 18 heavy (non-hydrogen) atoms. The van der Waals surface area contributed by atoms with Gasteiger partial charge in [-0.3, -0.25) is 0 Å². The van der Waals surface area contributed by atoms with Crippen molar-refractivity contribution in [3.05, 3.63) is 65.9 Å². The molecule has 0 atom stereocenters. The van der Waals surface area contributed by atoms with E-state index in [-0.39, 0.29) is 0 Å². The summed E-state index contributed by atoms with van der Waals surface area (Å²) in [5.74, 6) is 1.02.